The molecular weight excluding hydrogens is 162 g/mol. The number of hydrazine groups is 1. The fourth-order valence-corrected chi connectivity index (χ4v) is 1.65. The Hall–Kier alpha value is -0.120. The molecule has 13 heavy (non-hydrogen) atoms. The summed E-state index contributed by atoms with van der Waals surface area (Å²) >= 11 is 0. The number of likely N-dealkylation sites (N-methyl/N-ethyl adjacent to an activating group) is 1. The molecule has 1 aliphatic heterocycles. The molecule has 3 nitrogen and oxygen atoms in total. The Bertz CT molecular complexity index is 143. The Balaban J connectivity index is 2.25. The lowest BCUT2D eigenvalue weighted by Gasteiger charge is -2.38. The van der Waals surface area contributed by atoms with Crippen LogP contribution in [0.5, 0.6) is 0 Å². The average molecular weight is 185 g/mol. The number of rotatable bonds is 2. The van der Waals surface area contributed by atoms with Crippen LogP contribution in [0.15, 0.2) is 0 Å². The third-order valence-electron chi connectivity index (χ3n) is 2.31. The first kappa shape index (κ1) is 11.0. The van der Waals surface area contributed by atoms with Gasteiger partial charge in [0.25, 0.3) is 0 Å². The minimum absolute atomic E-state index is 0.203. The van der Waals surface area contributed by atoms with Gasteiger partial charge in [0.05, 0.1) is 0 Å². The number of nitrogens with one attached hydrogen (secondary N) is 1. The summed E-state index contributed by atoms with van der Waals surface area (Å²) in [4.78, 5) is 2.49. The van der Waals surface area contributed by atoms with E-state index < -0.39 is 0 Å². The van der Waals surface area contributed by atoms with Crippen molar-refractivity contribution in [3.05, 3.63) is 0 Å². The average Bonchev–Trinajstić information content (AvgIpc) is 2.03. The van der Waals surface area contributed by atoms with Crippen molar-refractivity contribution in [3.8, 4) is 0 Å². The van der Waals surface area contributed by atoms with Gasteiger partial charge in [-0.2, -0.15) is 0 Å². The lowest BCUT2D eigenvalue weighted by molar-refractivity contribution is 0.0613. The van der Waals surface area contributed by atoms with E-state index in [2.05, 4.69) is 43.0 Å². The van der Waals surface area contributed by atoms with E-state index in [1.807, 2.05) is 0 Å². The third-order valence-corrected chi connectivity index (χ3v) is 2.31. The molecule has 0 aromatic rings. The number of nitrogens with zero attached hydrogens (tertiary/aromatic N) is 2. The summed E-state index contributed by atoms with van der Waals surface area (Å²) in [6.07, 6.45) is 0. The van der Waals surface area contributed by atoms with Crippen molar-refractivity contribution in [3.63, 3.8) is 0 Å². The van der Waals surface area contributed by atoms with Gasteiger partial charge in [0.15, 0.2) is 0 Å². The van der Waals surface area contributed by atoms with Gasteiger partial charge in [0.1, 0.15) is 0 Å². The van der Waals surface area contributed by atoms with Crippen LogP contribution in [0.1, 0.15) is 27.7 Å². The largest absolute Gasteiger partial charge is 0.301 e. The highest BCUT2D eigenvalue weighted by Crippen LogP contribution is 2.04. The van der Waals surface area contributed by atoms with Crippen molar-refractivity contribution in [1.29, 1.82) is 0 Å². The molecule has 3 heteroatoms. The molecule has 0 atom stereocenters. The zero-order chi connectivity index (χ0) is 9.90. The van der Waals surface area contributed by atoms with Gasteiger partial charge in [-0.05, 0) is 27.3 Å². The Morgan fingerprint density at radius 3 is 2.00 bits per heavy atom. The fourth-order valence-electron chi connectivity index (χ4n) is 1.65. The molecule has 0 aromatic heterocycles. The molecule has 0 unspecified atom stereocenters. The van der Waals surface area contributed by atoms with Gasteiger partial charge in [-0.15, -0.1) is 0 Å². The maximum atomic E-state index is 3.51. The summed E-state index contributed by atoms with van der Waals surface area (Å²) in [5.74, 6) is 0. The van der Waals surface area contributed by atoms with Crippen LogP contribution in [0, 0.1) is 0 Å². The van der Waals surface area contributed by atoms with Gasteiger partial charge in [0.2, 0.25) is 0 Å². The van der Waals surface area contributed by atoms with Crippen molar-refractivity contribution < 1.29 is 0 Å². The van der Waals surface area contributed by atoms with E-state index in [-0.39, 0.29) is 5.54 Å². The summed E-state index contributed by atoms with van der Waals surface area (Å²) in [6.45, 7) is 14.7. The fraction of sp³-hybridized carbons (Fsp3) is 1.00. The molecule has 1 saturated heterocycles. The number of piperazine rings is 1. The molecule has 1 heterocycles. The molecular formula is C10H23N3. The first-order chi connectivity index (χ1) is 6.01. The first-order valence-corrected chi connectivity index (χ1v) is 5.26. The van der Waals surface area contributed by atoms with Crippen molar-refractivity contribution in [2.45, 2.75) is 33.2 Å². The second kappa shape index (κ2) is 4.40. The summed E-state index contributed by atoms with van der Waals surface area (Å²) in [5, 5.41) is 2.34. The SMILES string of the molecule is CCN1CCN(NC(C)(C)C)CC1. The van der Waals surface area contributed by atoms with E-state index in [0.717, 1.165) is 13.1 Å². The maximum absolute atomic E-state index is 3.51. The van der Waals surface area contributed by atoms with Crippen molar-refractivity contribution >= 4 is 0 Å². The van der Waals surface area contributed by atoms with Crippen molar-refractivity contribution in [1.82, 2.24) is 15.3 Å². The smallest absolute Gasteiger partial charge is 0.0259 e. The Morgan fingerprint density at radius 1 is 1.08 bits per heavy atom. The molecule has 1 N–H and O–H groups in total. The van der Waals surface area contributed by atoms with Crippen molar-refractivity contribution in [2.24, 2.45) is 0 Å². The molecule has 0 bridgehead atoms. The Labute approximate surface area is 82.1 Å². The molecule has 1 aliphatic rings. The topological polar surface area (TPSA) is 18.5 Å². The van der Waals surface area contributed by atoms with Gasteiger partial charge in [-0.3, -0.25) is 0 Å². The van der Waals surface area contributed by atoms with Crippen molar-refractivity contribution in [2.75, 3.05) is 32.7 Å². The van der Waals surface area contributed by atoms with E-state index in [9.17, 15) is 0 Å². The van der Waals surface area contributed by atoms with Crippen LogP contribution >= 0.6 is 0 Å². The van der Waals surface area contributed by atoms with Gasteiger partial charge in [0, 0.05) is 31.7 Å². The summed E-state index contributed by atoms with van der Waals surface area (Å²) in [7, 11) is 0. The lowest BCUT2D eigenvalue weighted by Crippen LogP contribution is -2.56. The standard InChI is InChI=1S/C10H23N3/c1-5-12-6-8-13(9-7-12)11-10(2,3)4/h11H,5-9H2,1-4H3. The summed E-state index contributed by atoms with van der Waals surface area (Å²) in [5.41, 5.74) is 3.71. The number of hydrogen-bond acceptors (Lipinski definition) is 3. The highest BCUT2D eigenvalue weighted by atomic mass is 15.5. The molecule has 1 fully saturated rings. The molecule has 0 aliphatic carbocycles. The molecule has 0 saturated carbocycles. The maximum Gasteiger partial charge on any atom is 0.0259 e. The third kappa shape index (κ3) is 4.07. The van der Waals surface area contributed by atoms with E-state index in [1.54, 1.807) is 0 Å². The molecule has 1 rings (SSSR count). The molecule has 0 aromatic carbocycles. The normalized spacial score (nSPS) is 22.2. The van der Waals surface area contributed by atoms with Crippen LogP contribution in [0.3, 0.4) is 0 Å². The van der Waals surface area contributed by atoms with Crippen LogP contribution in [0.4, 0.5) is 0 Å². The van der Waals surface area contributed by atoms with Crippen LogP contribution < -0.4 is 5.43 Å². The minimum atomic E-state index is 0.203. The summed E-state index contributed by atoms with van der Waals surface area (Å²) in [6, 6.07) is 0. The van der Waals surface area contributed by atoms with E-state index in [0.29, 0.717) is 0 Å². The monoisotopic (exact) mass is 185 g/mol. The predicted octanol–water partition coefficient (Wildman–Crippen LogP) is 0.927. The zero-order valence-corrected chi connectivity index (χ0v) is 9.43. The highest BCUT2D eigenvalue weighted by molar-refractivity contribution is 4.74. The molecule has 78 valence electrons. The molecule has 0 amide bonds. The van der Waals surface area contributed by atoms with Crippen LogP contribution in [0.2, 0.25) is 0 Å². The van der Waals surface area contributed by atoms with Gasteiger partial charge in [-0.1, -0.05) is 6.92 Å². The second-order valence-electron chi connectivity index (χ2n) is 4.78. The Kier molecular flexibility index (Phi) is 3.71. The lowest BCUT2D eigenvalue weighted by atomic mass is 10.1. The molecule has 0 spiro atoms. The van der Waals surface area contributed by atoms with Crippen LogP contribution in [0.25, 0.3) is 0 Å². The van der Waals surface area contributed by atoms with Gasteiger partial charge in [-0.25, -0.2) is 10.4 Å². The van der Waals surface area contributed by atoms with E-state index in [4.69, 9.17) is 0 Å². The van der Waals surface area contributed by atoms with E-state index >= 15 is 0 Å². The zero-order valence-electron chi connectivity index (χ0n) is 9.43. The Morgan fingerprint density at radius 2 is 1.62 bits per heavy atom. The first-order valence-electron chi connectivity index (χ1n) is 5.26. The van der Waals surface area contributed by atoms with Gasteiger partial charge >= 0.3 is 0 Å². The van der Waals surface area contributed by atoms with E-state index in [1.165, 1.54) is 19.6 Å². The second-order valence-corrected chi connectivity index (χ2v) is 4.78. The molecule has 0 radical (unpaired) electrons. The number of hydrogen-bond donors (Lipinski definition) is 1. The predicted molar refractivity (Wildman–Crippen MR) is 56.6 cm³/mol. The van der Waals surface area contributed by atoms with Crippen LogP contribution in [-0.4, -0.2) is 48.2 Å². The quantitative estimate of drug-likeness (QED) is 0.690. The summed E-state index contributed by atoms with van der Waals surface area (Å²) < 4.78 is 0. The van der Waals surface area contributed by atoms with Crippen LogP contribution in [-0.2, 0) is 0 Å². The van der Waals surface area contributed by atoms with Gasteiger partial charge < -0.3 is 4.90 Å². The minimum Gasteiger partial charge on any atom is -0.301 e. The highest BCUT2D eigenvalue weighted by Gasteiger charge is 2.19.